The maximum atomic E-state index is 6.10. The maximum absolute atomic E-state index is 6.10. The van der Waals surface area contributed by atoms with Crippen molar-refractivity contribution < 1.29 is 4.74 Å². The van der Waals surface area contributed by atoms with Crippen LogP contribution in [0.4, 0.5) is 5.82 Å². The second-order valence-electron chi connectivity index (χ2n) is 4.35. The molecule has 1 aromatic heterocycles. The molecule has 3 nitrogen and oxygen atoms in total. The number of hydrogen-bond donors (Lipinski definition) is 1. The zero-order chi connectivity index (χ0) is 15.2. The van der Waals surface area contributed by atoms with E-state index in [2.05, 4.69) is 10.3 Å². The largest absolute Gasteiger partial charge is 0.377 e. The van der Waals surface area contributed by atoms with Crippen molar-refractivity contribution in [2.75, 3.05) is 11.9 Å². The van der Waals surface area contributed by atoms with Crippen molar-refractivity contribution in [1.82, 2.24) is 4.98 Å². The number of nitrogens with zero attached hydrogens (tertiary/aromatic N) is 1. The average Bonchev–Trinajstić information content (AvgIpc) is 2.48. The van der Waals surface area contributed by atoms with E-state index in [1.165, 1.54) is 0 Å². The van der Waals surface area contributed by atoms with Crippen LogP contribution in [-0.2, 0) is 17.9 Å². The van der Waals surface area contributed by atoms with E-state index in [0.717, 1.165) is 11.1 Å². The third-order valence-corrected chi connectivity index (χ3v) is 3.87. The van der Waals surface area contributed by atoms with E-state index in [1.807, 2.05) is 31.2 Å². The molecular weight excluding hydrogens is 331 g/mol. The SMILES string of the molecule is CCOCc1ccccc1CNc1nc(Cl)c(Cl)cc1Cl. The fourth-order valence-corrected chi connectivity index (χ4v) is 2.39. The van der Waals surface area contributed by atoms with Gasteiger partial charge in [0.25, 0.3) is 0 Å². The Morgan fingerprint density at radius 3 is 2.52 bits per heavy atom. The van der Waals surface area contributed by atoms with Crippen LogP contribution in [0.3, 0.4) is 0 Å². The zero-order valence-corrected chi connectivity index (χ0v) is 13.8. The molecule has 1 heterocycles. The molecule has 0 saturated carbocycles. The summed E-state index contributed by atoms with van der Waals surface area (Å²) in [6, 6.07) is 9.62. The predicted octanol–water partition coefficient (Wildman–Crippen LogP) is 5.19. The normalized spacial score (nSPS) is 10.7. The topological polar surface area (TPSA) is 34.1 Å². The molecule has 1 aromatic carbocycles. The number of aromatic nitrogens is 1. The van der Waals surface area contributed by atoms with Gasteiger partial charge < -0.3 is 10.1 Å². The van der Waals surface area contributed by atoms with Crippen LogP contribution < -0.4 is 5.32 Å². The van der Waals surface area contributed by atoms with Gasteiger partial charge in [-0.15, -0.1) is 0 Å². The first-order valence-corrected chi connectivity index (χ1v) is 7.65. The summed E-state index contributed by atoms with van der Waals surface area (Å²) in [5, 5.41) is 4.17. The van der Waals surface area contributed by atoms with Gasteiger partial charge in [0.2, 0.25) is 0 Å². The third kappa shape index (κ3) is 4.48. The maximum Gasteiger partial charge on any atom is 0.150 e. The molecule has 0 aliphatic rings. The van der Waals surface area contributed by atoms with Crippen molar-refractivity contribution >= 4 is 40.6 Å². The van der Waals surface area contributed by atoms with Gasteiger partial charge in [-0.1, -0.05) is 59.1 Å². The molecule has 2 aromatic rings. The van der Waals surface area contributed by atoms with Crippen molar-refractivity contribution in [3.05, 3.63) is 56.7 Å². The molecular formula is C15H15Cl3N2O. The number of halogens is 3. The van der Waals surface area contributed by atoms with Gasteiger partial charge in [0.05, 0.1) is 16.7 Å². The highest BCUT2D eigenvalue weighted by atomic mass is 35.5. The van der Waals surface area contributed by atoms with Gasteiger partial charge in [-0.3, -0.25) is 0 Å². The van der Waals surface area contributed by atoms with Crippen LogP contribution in [0.25, 0.3) is 0 Å². The molecule has 0 spiro atoms. The predicted molar refractivity (Wildman–Crippen MR) is 88.4 cm³/mol. The lowest BCUT2D eigenvalue weighted by molar-refractivity contribution is 0.133. The van der Waals surface area contributed by atoms with Gasteiger partial charge >= 0.3 is 0 Å². The molecule has 0 amide bonds. The molecule has 0 bridgehead atoms. The van der Waals surface area contributed by atoms with Crippen molar-refractivity contribution in [2.24, 2.45) is 0 Å². The molecule has 1 N–H and O–H groups in total. The molecule has 0 aliphatic heterocycles. The van der Waals surface area contributed by atoms with E-state index in [1.54, 1.807) is 6.07 Å². The van der Waals surface area contributed by atoms with Crippen molar-refractivity contribution in [3.63, 3.8) is 0 Å². The Hall–Kier alpha value is -1.000. The molecule has 0 unspecified atom stereocenters. The van der Waals surface area contributed by atoms with Crippen LogP contribution >= 0.6 is 34.8 Å². The van der Waals surface area contributed by atoms with Crippen molar-refractivity contribution in [2.45, 2.75) is 20.1 Å². The minimum atomic E-state index is 0.228. The first kappa shape index (κ1) is 16.4. The molecule has 0 radical (unpaired) electrons. The number of pyridine rings is 1. The number of hydrogen-bond acceptors (Lipinski definition) is 3. The summed E-state index contributed by atoms with van der Waals surface area (Å²) in [5.41, 5.74) is 2.25. The first-order valence-electron chi connectivity index (χ1n) is 6.51. The lowest BCUT2D eigenvalue weighted by Crippen LogP contribution is -2.06. The van der Waals surface area contributed by atoms with Gasteiger partial charge in [-0.2, -0.15) is 0 Å². The Morgan fingerprint density at radius 2 is 1.81 bits per heavy atom. The molecule has 0 saturated heterocycles. The molecule has 21 heavy (non-hydrogen) atoms. The Kier molecular flexibility index (Phi) is 6.12. The van der Waals surface area contributed by atoms with Crippen LogP contribution in [0.5, 0.6) is 0 Å². The second kappa shape index (κ2) is 7.85. The summed E-state index contributed by atoms with van der Waals surface area (Å²) in [6.45, 7) is 3.81. The van der Waals surface area contributed by atoms with E-state index in [4.69, 9.17) is 39.5 Å². The first-order chi connectivity index (χ1) is 10.1. The van der Waals surface area contributed by atoms with Gasteiger partial charge in [-0.25, -0.2) is 4.98 Å². The molecule has 2 rings (SSSR count). The lowest BCUT2D eigenvalue weighted by atomic mass is 10.1. The molecule has 0 aliphatic carbocycles. The number of anilines is 1. The highest BCUT2D eigenvalue weighted by Crippen LogP contribution is 2.29. The Labute approximate surface area is 139 Å². The van der Waals surface area contributed by atoms with Gasteiger partial charge in [0.15, 0.2) is 0 Å². The Balaban J connectivity index is 2.11. The summed E-state index contributed by atoms with van der Waals surface area (Å²) in [6.07, 6.45) is 0. The lowest BCUT2D eigenvalue weighted by Gasteiger charge is -2.12. The summed E-state index contributed by atoms with van der Waals surface area (Å²) in [5.74, 6) is 0.511. The summed E-state index contributed by atoms with van der Waals surface area (Å²) in [4.78, 5) is 4.14. The Bertz CT molecular complexity index is 620. The van der Waals surface area contributed by atoms with E-state index in [0.29, 0.717) is 35.6 Å². The van der Waals surface area contributed by atoms with E-state index in [9.17, 15) is 0 Å². The highest BCUT2D eigenvalue weighted by molar-refractivity contribution is 6.42. The fourth-order valence-electron chi connectivity index (χ4n) is 1.83. The zero-order valence-electron chi connectivity index (χ0n) is 11.5. The van der Waals surface area contributed by atoms with Crippen molar-refractivity contribution in [3.8, 4) is 0 Å². The molecule has 6 heteroatoms. The molecule has 112 valence electrons. The van der Waals surface area contributed by atoms with Gasteiger partial charge in [-0.05, 0) is 24.1 Å². The van der Waals surface area contributed by atoms with Gasteiger partial charge in [0.1, 0.15) is 11.0 Å². The van der Waals surface area contributed by atoms with Crippen LogP contribution in [0, 0.1) is 0 Å². The number of nitrogens with one attached hydrogen (secondary N) is 1. The highest BCUT2D eigenvalue weighted by Gasteiger charge is 2.08. The van der Waals surface area contributed by atoms with E-state index < -0.39 is 0 Å². The van der Waals surface area contributed by atoms with Gasteiger partial charge in [0, 0.05) is 13.2 Å². The summed E-state index contributed by atoms with van der Waals surface area (Å²) >= 11 is 17.9. The minimum Gasteiger partial charge on any atom is -0.377 e. The molecule has 0 atom stereocenters. The van der Waals surface area contributed by atoms with E-state index in [-0.39, 0.29) is 5.15 Å². The van der Waals surface area contributed by atoms with Crippen LogP contribution in [0.2, 0.25) is 15.2 Å². The quantitative estimate of drug-likeness (QED) is 0.731. The Morgan fingerprint density at radius 1 is 1.10 bits per heavy atom. The third-order valence-electron chi connectivity index (χ3n) is 2.91. The summed E-state index contributed by atoms with van der Waals surface area (Å²) in [7, 11) is 0. The van der Waals surface area contributed by atoms with E-state index >= 15 is 0 Å². The standard InChI is InChI=1S/C15H15Cl3N2O/c1-2-21-9-11-6-4-3-5-10(11)8-19-15-13(17)7-12(16)14(18)20-15/h3-7H,2,8-9H2,1H3,(H,19,20). The number of rotatable bonds is 6. The van der Waals surface area contributed by atoms with Crippen LogP contribution in [0.15, 0.2) is 30.3 Å². The summed E-state index contributed by atoms with van der Waals surface area (Å²) < 4.78 is 5.46. The number of benzene rings is 1. The average molecular weight is 346 g/mol. The monoisotopic (exact) mass is 344 g/mol. The van der Waals surface area contributed by atoms with Crippen molar-refractivity contribution in [1.29, 1.82) is 0 Å². The minimum absolute atomic E-state index is 0.228. The fraction of sp³-hybridized carbons (Fsp3) is 0.267. The van der Waals surface area contributed by atoms with Crippen LogP contribution in [-0.4, -0.2) is 11.6 Å². The molecule has 0 fully saturated rings. The van der Waals surface area contributed by atoms with Crippen LogP contribution in [0.1, 0.15) is 18.1 Å². The smallest absolute Gasteiger partial charge is 0.150 e. The second-order valence-corrected chi connectivity index (χ2v) is 5.52. The number of ether oxygens (including phenoxy) is 1.